The van der Waals surface area contributed by atoms with Gasteiger partial charge in [0.1, 0.15) is 18.2 Å². The number of nitrogens with zero attached hydrogens (tertiary/aromatic N) is 1. The van der Waals surface area contributed by atoms with Crippen molar-refractivity contribution in [2.75, 3.05) is 13.7 Å². The molecule has 1 aromatic carbocycles. The van der Waals surface area contributed by atoms with Gasteiger partial charge in [0.25, 0.3) is 0 Å². The van der Waals surface area contributed by atoms with Crippen molar-refractivity contribution < 1.29 is 9.13 Å². The molecule has 20 heavy (non-hydrogen) atoms. The van der Waals surface area contributed by atoms with Crippen molar-refractivity contribution in [3.05, 3.63) is 48.5 Å². The molecule has 0 aliphatic heterocycles. The standard InChI is InChI=1S/C16H17FN2O/c1-18-16(5-6-16)11-20-15-8-13(9-19-10-15)12-3-2-4-14(17)7-12/h2-4,7-10,18H,5-6,11H2,1H3. The minimum absolute atomic E-state index is 0.134. The highest BCUT2D eigenvalue weighted by molar-refractivity contribution is 5.63. The van der Waals surface area contributed by atoms with E-state index in [1.165, 1.54) is 12.1 Å². The summed E-state index contributed by atoms with van der Waals surface area (Å²) in [6, 6.07) is 8.38. The maximum absolute atomic E-state index is 13.3. The smallest absolute Gasteiger partial charge is 0.138 e. The van der Waals surface area contributed by atoms with Gasteiger partial charge >= 0.3 is 0 Å². The summed E-state index contributed by atoms with van der Waals surface area (Å²) in [6.07, 6.45) is 5.68. The molecule has 0 amide bonds. The zero-order chi connectivity index (χ0) is 14.0. The number of hydrogen-bond acceptors (Lipinski definition) is 3. The predicted octanol–water partition coefficient (Wildman–Crippen LogP) is 3.02. The van der Waals surface area contributed by atoms with E-state index in [9.17, 15) is 4.39 Å². The van der Waals surface area contributed by atoms with Crippen molar-refractivity contribution in [2.24, 2.45) is 0 Å². The number of benzene rings is 1. The van der Waals surface area contributed by atoms with Gasteiger partial charge in [-0.2, -0.15) is 0 Å². The van der Waals surface area contributed by atoms with Crippen LogP contribution in [0.2, 0.25) is 0 Å². The van der Waals surface area contributed by atoms with E-state index in [4.69, 9.17) is 4.74 Å². The van der Waals surface area contributed by atoms with E-state index in [1.54, 1.807) is 18.5 Å². The van der Waals surface area contributed by atoms with Gasteiger partial charge in [0.2, 0.25) is 0 Å². The lowest BCUT2D eigenvalue weighted by molar-refractivity contribution is 0.259. The monoisotopic (exact) mass is 272 g/mol. The van der Waals surface area contributed by atoms with Crippen LogP contribution in [0.25, 0.3) is 11.1 Å². The summed E-state index contributed by atoms with van der Waals surface area (Å²) < 4.78 is 19.0. The molecule has 1 aliphatic carbocycles. The van der Waals surface area contributed by atoms with Gasteiger partial charge in [-0.1, -0.05) is 12.1 Å². The molecule has 0 unspecified atom stereocenters. The molecule has 0 radical (unpaired) electrons. The van der Waals surface area contributed by atoms with Gasteiger partial charge in [0.05, 0.1) is 11.7 Å². The summed E-state index contributed by atoms with van der Waals surface area (Å²) >= 11 is 0. The summed E-state index contributed by atoms with van der Waals surface area (Å²) in [4.78, 5) is 4.17. The molecule has 0 atom stereocenters. The van der Waals surface area contributed by atoms with Gasteiger partial charge in [-0.3, -0.25) is 4.98 Å². The summed E-state index contributed by atoms with van der Waals surface area (Å²) in [7, 11) is 1.96. The molecular weight excluding hydrogens is 255 g/mol. The SMILES string of the molecule is CNC1(COc2cncc(-c3cccc(F)c3)c2)CC1. The number of nitrogens with one attached hydrogen (secondary N) is 1. The van der Waals surface area contributed by atoms with E-state index in [0.29, 0.717) is 12.4 Å². The van der Waals surface area contributed by atoms with E-state index >= 15 is 0 Å². The van der Waals surface area contributed by atoms with Crippen molar-refractivity contribution in [2.45, 2.75) is 18.4 Å². The third kappa shape index (κ3) is 2.80. The molecule has 1 heterocycles. The lowest BCUT2D eigenvalue weighted by atomic mass is 10.1. The van der Waals surface area contributed by atoms with E-state index in [1.807, 2.05) is 19.2 Å². The van der Waals surface area contributed by atoms with Crippen LogP contribution in [0.3, 0.4) is 0 Å². The maximum Gasteiger partial charge on any atom is 0.138 e. The van der Waals surface area contributed by atoms with Gasteiger partial charge in [0, 0.05) is 11.8 Å². The predicted molar refractivity (Wildman–Crippen MR) is 76.2 cm³/mol. The molecule has 2 aromatic rings. The van der Waals surface area contributed by atoms with Crippen molar-refractivity contribution >= 4 is 0 Å². The molecule has 4 heteroatoms. The Morgan fingerprint density at radius 3 is 2.80 bits per heavy atom. The third-order valence-electron chi connectivity index (χ3n) is 3.77. The Balaban J connectivity index is 1.76. The van der Waals surface area contributed by atoms with Crippen LogP contribution in [0, 0.1) is 5.82 Å². The zero-order valence-corrected chi connectivity index (χ0v) is 11.4. The van der Waals surface area contributed by atoms with E-state index < -0.39 is 0 Å². The highest BCUT2D eigenvalue weighted by atomic mass is 19.1. The van der Waals surface area contributed by atoms with Crippen LogP contribution in [-0.4, -0.2) is 24.2 Å². The molecule has 0 saturated heterocycles. The third-order valence-corrected chi connectivity index (χ3v) is 3.77. The fraction of sp³-hybridized carbons (Fsp3) is 0.312. The summed E-state index contributed by atoms with van der Waals surface area (Å²) in [5.74, 6) is 0.467. The molecule has 104 valence electrons. The van der Waals surface area contributed by atoms with Crippen LogP contribution < -0.4 is 10.1 Å². The van der Waals surface area contributed by atoms with Gasteiger partial charge in [-0.15, -0.1) is 0 Å². The van der Waals surface area contributed by atoms with Crippen molar-refractivity contribution in [3.8, 4) is 16.9 Å². The first-order chi connectivity index (χ1) is 9.71. The quantitative estimate of drug-likeness (QED) is 0.908. The van der Waals surface area contributed by atoms with E-state index in [2.05, 4.69) is 10.3 Å². The minimum atomic E-state index is -0.249. The summed E-state index contributed by atoms with van der Waals surface area (Å²) in [5, 5.41) is 3.28. The lowest BCUT2D eigenvalue weighted by Gasteiger charge is -2.15. The Labute approximate surface area is 117 Å². The first-order valence-corrected chi connectivity index (χ1v) is 6.73. The second kappa shape index (κ2) is 5.21. The van der Waals surface area contributed by atoms with E-state index in [-0.39, 0.29) is 11.4 Å². The van der Waals surface area contributed by atoms with Gasteiger partial charge in [0.15, 0.2) is 0 Å². The second-order valence-electron chi connectivity index (χ2n) is 5.24. The number of aromatic nitrogens is 1. The molecule has 3 nitrogen and oxygen atoms in total. The molecule has 1 fully saturated rings. The Hall–Kier alpha value is -1.94. The topological polar surface area (TPSA) is 34.1 Å². The van der Waals surface area contributed by atoms with Crippen LogP contribution in [0.15, 0.2) is 42.7 Å². The van der Waals surface area contributed by atoms with Crippen LogP contribution in [0.5, 0.6) is 5.75 Å². The molecule has 1 saturated carbocycles. The van der Waals surface area contributed by atoms with Gasteiger partial charge in [-0.05, 0) is 43.7 Å². The first kappa shape index (κ1) is 13.1. The molecule has 1 aliphatic rings. The van der Waals surface area contributed by atoms with E-state index in [0.717, 1.165) is 24.0 Å². The largest absolute Gasteiger partial charge is 0.490 e. The minimum Gasteiger partial charge on any atom is -0.490 e. The fourth-order valence-corrected chi connectivity index (χ4v) is 2.16. The second-order valence-corrected chi connectivity index (χ2v) is 5.24. The average molecular weight is 272 g/mol. The number of rotatable bonds is 5. The molecule has 3 rings (SSSR count). The van der Waals surface area contributed by atoms with Crippen LogP contribution >= 0.6 is 0 Å². The number of ether oxygens (including phenoxy) is 1. The molecule has 0 bridgehead atoms. The highest BCUT2D eigenvalue weighted by Gasteiger charge is 2.41. The van der Waals surface area contributed by atoms with Crippen molar-refractivity contribution in [1.82, 2.24) is 10.3 Å². The number of likely N-dealkylation sites (N-methyl/N-ethyl adjacent to an activating group) is 1. The Kier molecular flexibility index (Phi) is 3.40. The maximum atomic E-state index is 13.3. The number of pyridine rings is 1. The van der Waals surface area contributed by atoms with Crippen LogP contribution in [-0.2, 0) is 0 Å². The molecule has 1 aromatic heterocycles. The lowest BCUT2D eigenvalue weighted by Crippen LogP contribution is -2.33. The Morgan fingerprint density at radius 2 is 2.10 bits per heavy atom. The van der Waals surface area contributed by atoms with Crippen molar-refractivity contribution in [3.63, 3.8) is 0 Å². The molecule has 0 spiro atoms. The zero-order valence-electron chi connectivity index (χ0n) is 11.4. The highest BCUT2D eigenvalue weighted by Crippen LogP contribution is 2.35. The normalized spacial score (nSPS) is 15.9. The van der Waals surface area contributed by atoms with Crippen molar-refractivity contribution in [1.29, 1.82) is 0 Å². The number of halogens is 1. The first-order valence-electron chi connectivity index (χ1n) is 6.73. The summed E-state index contributed by atoms with van der Waals surface area (Å²) in [6.45, 7) is 0.637. The fourth-order valence-electron chi connectivity index (χ4n) is 2.16. The Morgan fingerprint density at radius 1 is 1.25 bits per heavy atom. The number of hydrogen-bond donors (Lipinski definition) is 1. The van der Waals surface area contributed by atoms with Crippen LogP contribution in [0.4, 0.5) is 4.39 Å². The average Bonchev–Trinajstić information content (AvgIpc) is 3.26. The Bertz CT molecular complexity index is 611. The molecule has 1 N–H and O–H groups in total. The molecular formula is C16H17FN2O. The van der Waals surface area contributed by atoms with Crippen LogP contribution in [0.1, 0.15) is 12.8 Å². The van der Waals surface area contributed by atoms with Gasteiger partial charge < -0.3 is 10.1 Å². The van der Waals surface area contributed by atoms with Gasteiger partial charge in [-0.25, -0.2) is 4.39 Å². The summed E-state index contributed by atoms with van der Waals surface area (Å²) in [5.41, 5.74) is 1.79.